The topological polar surface area (TPSA) is 102 Å². The maximum atomic E-state index is 12.4. The van der Waals surface area contributed by atoms with E-state index in [2.05, 4.69) is 4.98 Å². The van der Waals surface area contributed by atoms with E-state index in [0.717, 1.165) is 0 Å². The standard InChI is InChI=1S/C18H18N2O5/c1-4-25-18(22)16-11(2)17(19-12(16)3)15(21)10-9-13-7-5-6-8-14(13)20(23)24/h5-10,19H,4H2,1-3H3/b10-9+. The molecular weight excluding hydrogens is 324 g/mol. The Labute approximate surface area is 144 Å². The van der Waals surface area contributed by atoms with E-state index in [4.69, 9.17) is 4.74 Å². The van der Waals surface area contributed by atoms with Crippen LogP contribution < -0.4 is 0 Å². The van der Waals surface area contributed by atoms with Crippen LogP contribution in [-0.2, 0) is 4.74 Å². The molecule has 2 rings (SSSR count). The molecule has 25 heavy (non-hydrogen) atoms. The van der Waals surface area contributed by atoms with Crippen molar-refractivity contribution in [3.05, 3.63) is 68.5 Å². The van der Waals surface area contributed by atoms with E-state index in [0.29, 0.717) is 22.4 Å². The number of carbonyl (C=O) groups is 2. The maximum absolute atomic E-state index is 12.4. The summed E-state index contributed by atoms with van der Waals surface area (Å²) >= 11 is 0. The number of aryl methyl sites for hydroxylation is 1. The molecular formula is C18H18N2O5. The van der Waals surface area contributed by atoms with Gasteiger partial charge in [-0.2, -0.15) is 0 Å². The van der Waals surface area contributed by atoms with E-state index in [-0.39, 0.29) is 23.8 Å². The first-order valence-corrected chi connectivity index (χ1v) is 7.68. The van der Waals surface area contributed by atoms with Gasteiger partial charge >= 0.3 is 5.97 Å². The molecule has 0 amide bonds. The van der Waals surface area contributed by atoms with Gasteiger partial charge in [0.25, 0.3) is 5.69 Å². The van der Waals surface area contributed by atoms with Crippen LogP contribution in [0.15, 0.2) is 30.3 Å². The number of H-pyrrole nitrogens is 1. The van der Waals surface area contributed by atoms with Gasteiger partial charge in [-0.1, -0.05) is 12.1 Å². The third-order valence-corrected chi connectivity index (χ3v) is 3.71. The minimum atomic E-state index is -0.507. The third kappa shape index (κ3) is 3.82. The summed E-state index contributed by atoms with van der Waals surface area (Å²) in [5.41, 5.74) is 1.87. The minimum Gasteiger partial charge on any atom is -0.462 e. The first-order chi connectivity index (χ1) is 11.9. The number of hydrogen-bond donors (Lipinski definition) is 1. The highest BCUT2D eigenvalue weighted by Gasteiger charge is 2.21. The van der Waals surface area contributed by atoms with Crippen LogP contribution >= 0.6 is 0 Å². The van der Waals surface area contributed by atoms with E-state index < -0.39 is 10.9 Å². The molecule has 0 saturated heterocycles. The predicted molar refractivity (Wildman–Crippen MR) is 92.7 cm³/mol. The molecule has 1 aromatic heterocycles. The highest BCUT2D eigenvalue weighted by Crippen LogP contribution is 2.22. The second-order valence-corrected chi connectivity index (χ2v) is 5.36. The predicted octanol–water partition coefficient (Wildman–Crippen LogP) is 3.61. The number of benzene rings is 1. The number of ether oxygens (including phenoxy) is 1. The normalized spacial score (nSPS) is 10.8. The van der Waals surface area contributed by atoms with Crippen LogP contribution in [0.1, 0.15) is 44.6 Å². The number of hydrogen-bond acceptors (Lipinski definition) is 5. The molecule has 0 aliphatic carbocycles. The van der Waals surface area contributed by atoms with E-state index in [1.54, 1.807) is 39.0 Å². The molecule has 0 bridgehead atoms. The van der Waals surface area contributed by atoms with Crippen LogP contribution in [-0.4, -0.2) is 28.3 Å². The Hall–Kier alpha value is -3.22. The highest BCUT2D eigenvalue weighted by molar-refractivity contribution is 6.09. The Morgan fingerprint density at radius 3 is 2.60 bits per heavy atom. The summed E-state index contributed by atoms with van der Waals surface area (Å²) in [5, 5.41) is 11.0. The van der Waals surface area contributed by atoms with Crippen molar-refractivity contribution >= 4 is 23.5 Å². The van der Waals surface area contributed by atoms with Gasteiger partial charge in [0.15, 0.2) is 0 Å². The van der Waals surface area contributed by atoms with Crippen molar-refractivity contribution in [3.63, 3.8) is 0 Å². The maximum Gasteiger partial charge on any atom is 0.340 e. The fourth-order valence-electron chi connectivity index (χ4n) is 2.55. The lowest BCUT2D eigenvalue weighted by Gasteiger charge is -2.02. The van der Waals surface area contributed by atoms with Crippen molar-refractivity contribution < 1.29 is 19.2 Å². The Morgan fingerprint density at radius 2 is 1.96 bits per heavy atom. The molecule has 0 radical (unpaired) electrons. The van der Waals surface area contributed by atoms with Gasteiger partial charge in [-0.25, -0.2) is 4.79 Å². The SMILES string of the molecule is CCOC(=O)c1c(C)[nH]c(C(=O)/C=C/c2ccccc2[N+](=O)[O-])c1C. The zero-order chi connectivity index (χ0) is 18.6. The van der Waals surface area contributed by atoms with Crippen molar-refractivity contribution in [2.75, 3.05) is 6.61 Å². The Morgan fingerprint density at radius 1 is 1.28 bits per heavy atom. The molecule has 0 fully saturated rings. The zero-order valence-electron chi connectivity index (χ0n) is 14.2. The Bertz CT molecular complexity index is 864. The molecule has 2 aromatic rings. The summed E-state index contributed by atoms with van der Waals surface area (Å²) in [6, 6.07) is 6.13. The van der Waals surface area contributed by atoms with Crippen molar-refractivity contribution in [3.8, 4) is 0 Å². The summed E-state index contributed by atoms with van der Waals surface area (Å²) in [6.45, 7) is 5.28. The van der Waals surface area contributed by atoms with Crippen LogP contribution in [0.2, 0.25) is 0 Å². The second kappa shape index (κ2) is 7.57. The van der Waals surface area contributed by atoms with Crippen LogP contribution in [0, 0.1) is 24.0 Å². The van der Waals surface area contributed by atoms with Crippen molar-refractivity contribution in [1.29, 1.82) is 0 Å². The van der Waals surface area contributed by atoms with E-state index in [1.165, 1.54) is 18.2 Å². The molecule has 1 aromatic carbocycles. The number of esters is 1. The average Bonchev–Trinajstić information content (AvgIpc) is 2.87. The molecule has 0 atom stereocenters. The number of aromatic nitrogens is 1. The lowest BCUT2D eigenvalue weighted by molar-refractivity contribution is -0.385. The molecule has 130 valence electrons. The fraction of sp³-hybridized carbons (Fsp3) is 0.222. The Kier molecular flexibility index (Phi) is 5.49. The van der Waals surface area contributed by atoms with Crippen LogP contribution in [0.5, 0.6) is 0 Å². The first-order valence-electron chi connectivity index (χ1n) is 7.68. The Balaban J connectivity index is 2.32. The monoisotopic (exact) mass is 342 g/mol. The smallest absolute Gasteiger partial charge is 0.340 e. The van der Waals surface area contributed by atoms with Crippen LogP contribution in [0.25, 0.3) is 6.08 Å². The van der Waals surface area contributed by atoms with Crippen molar-refractivity contribution in [2.45, 2.75) is 20.8 Å². The molecule has 7 heteroatoms. The van der Waals surface area contributed by atoms with E-state index in [9.17, 15) is 19.7 Å². The van der Waals surface area contributed by atoms with Gasteiger partial charge in [0.2, 0.25) is 5.78 Å². The van der Waals surface area contributed by atoms with E-state index >= 15 is 0 Å². The second-order valence-electron chi connectivity index (χ2n) is 5.36. The molecule has 0 unspecified atom stereocenters. The zero-order valence-corrected chi connectivity index (χ0v) is 14.2. The largest absolute Gasteiger partial charge is 0.462 e. The van der Waals surface area contributed by atoms with Gasteiger partial charge in [0, 0.05) is 11.8 Å². The number of nitro groups is 1. The van der Waals surface area contributed by atoms with Gasteiger partial charge in [-0.05, 0) is 44.6 Å². The van der Waals surface area contributed by atoms with Crippen molar-refractivity contribution in [1.82, 2.24) is 4.98 Å². The number of aromatic amines is 1. The summed E-state index contributed by atoms with van der Waals surface area (Å²) in [6.07, 6.45) is 2.63. The quantitative estimate of drug-likeness (QED) is 0.284. The average molecular weight is 342 g/mol. The van der Waals surface area contributed by atoms with Crippen LogP contribution in [0.3, 0.4) is 0 Å². The fourth-order valence-corrected chi connectivity index (χ4v) is 2.55. The number of nitro benzene ring substituents is 1. The molecule has 0 aliphatic rings. The summed E-state index contributed by atoms with van der Waals surface area (Å²) in [4.78, 5) is 37.8. The molecule has 0 saturated carbocycles. The van der Waals surface area contributed by atoms with Crippen molar-refractivity contribution in [2.24, 2.45) is 0 Å². The number of nitrogens with zero attached hydrogens (tertiary/aromatic N) is 1. The van der Waals surface area contributed by atoms with Crippen LogP contribution in [0.4, 0.5) is 5.69 Å². The molecule has 1 N–H and O–H groups in total. The van der Waals surface area contributed by atoms with Gasteiger partial charge in [-0.3, -0.25) is 14.9 Å². The minimum absolute atomic E-state index is 0.0850. The summed E-state index contributed by atoms with van der Waals surface area (Å²) in [5.74, 6) is -0.871. The van der Waals surface area contributed by atoms with Gasteiger partial charge in [0.05, 0.1) is 28.4 Å². The summed E-state index contributed by atoms with van der Waals surface area (Å²) in [7, 11) is 0. The summed E-state index contributed by atoms with van der Waals surface area (Å²) < 4.78 is 4.99. The number of ketones is 1. The number of carbonyl (C=O) groups excluding carboxylic acids is 2. The van der Waals surface area contributed by atoms with Gasteiger partial charge < -0.3 is 9.72 Å². The lowest BCUT2D eigenvalue weighted by Crippen LogP contribution is -2.07. The molecule has 1 heterocycles. The number of rotatable bonds is 6. The van der Waals surface area contributed by atoms with Gasteiger partial charge in [-0.15, -0.1) is 0 Å². The molecule has 7 nitrogen and oxygen atoms in total. The van der Waals surface area contributed by atoms with Gasteiger partial charge in [0.1, 0.15) is 0 Å². The number of para-hydroxylation sites is 1. The van der Waals surface area contributed by atoms with E-state index in [1.807, 2.05) is 0 Å². The molecule has 0 aliphatic heterocycles. The number of nitrogens with one attached hydrogen (secondary N) is 1. The first kappa shape index (κ1) is 18.1. The number of allylic oxidation sites excluding steroid dienone is 1. The third-order valence-electron chi connectivity index (χ3n) is 3.71. The lowest BCUT2D eigenvalue weighted by atomic mass is 10.1. The molecule has 0 spiro atoms. The highest BCUT2D eigenvalue weighted by atomic mass is 16.6.